The van der Waals surface area contributed by atoms with Gasteiger partial charge in [-0.25, -0.2) is 0 Å². The molecule has 0 aromatic heterocycles. The summed E-state index contributed by atoms with van der Waals surface area (Å²) in [6.07, 6.45) is 3.99. The number of nitrogens with two attached hydrogens (primary N) is 1. The van der Waals surface area contributed by atoms with E-state index in [4.69, 9.17) is 5.84 Å². The van der Waals surface area contributed by atoms with Crippen molar-refractivity contribution in [2.75, 3.05) is 0 Å². The Hall–Kier alpha value is -1.12. The predicted molar refractivity (Wildman–Crippen MR) is 58.8 cm³/mol. The van der Waals surface area contributed by atoms with Gasteiger partial charge < -0.3 is 0 Å². The van der Waals surface area contributed by atoms with Gasteiger partial charge in [0.05, 0.1) is 0 Å². The van der Waals surface area contributed by atoms with Gasteiger partial charge in [-0.3, -0.25) is 11.3 Å². The molecule has 0 spiro atoms. The third kappa shape index (κ3) is 1.47. The van der Waals surface area contributed by atoms with E-state index in [9.17, 15) is 0 Å². The first-order valence-corrected chi connectivity index (χ1v) is 5.01. The van der Waals surface area contributed by atoms with Crippen LogP contribution in [0.15, 0.2) is 36.9 Å². The first-order valence-electron chi connectivity index (χ1n) is 5.01. The van der Waals surface area contributed by atoms with Crippen LogP contribution in [0.1, 0.15) is 23.5 Å². The number of fused-ring (bicyclic) bond motifs is 1. The van der Waals surface area contributed by atoms with Crippen molar-refractivity contribution in [3.05, 3.63) is 48.0 Å². The SMILES string of the molecule is C=CCC(NN)C1Cc2ccccc21. The Bertz CT molecular complexity index is 333. The molecule has 74 valence electrons. The van der Waals surface area contributed by atoms with Crippen LogP contribution < -0.4 is 11.3 Å². The van der Waals surface area contributed by atoms with Crippen LogP contribution in [-0.2, 0) is 6.42 Å². The molecule has 1 aliphatic carbocycles. The van der Waals surface area contributed by atoms with Gasteiger partial charge in [0.25, 0.3) is 0 Å². The molecule has 1 aromatic carbocycles. The highest BCUT2D eigenvalue weighted by molar-refractivity contribution is 5.41. The van der Waals surface area contributed by atoms with Crippen LogP contribution in [-0.4, -0.2) is 6.04 Å². The van der Waals surface area contributed by atoms with Crippen molar-refractivity contribution in [2.45, 2.75) is 24.8 Å². The maximum absolute atomic E-state index is 5.53. The maximum Gasteiger partial charge on any atom is 0.0316 e. The van der Waals surface area contributed by atoms with Crippen LogP contribution in [0, 0.1) is 0 Å². The number of hydrogen-bond acceptors (Lipinski definition) is 2. The van der Waals surface area contributed by atoms with Gasteiger partial charge in [-0.2, -0.15) is 0 Å². The van der Waals surface area contributed by atoms with Gasteiger partial charge in [0, 0.05) is 12.0 Å². The van der Waals surface area contributed by atoms with Crippen LogP contribution in [0.25, 0.3) is 0 Å². The summed E-state index contributed by atoms with van der Waals surface area (Å²) in [6.45, 7) is 3.75. The summed E-state index contributed by atoms with van der Waals surface area (Å²) in [5, 5.41) is 0. The number of hydrazine groups is 1. The number of benzene rings is 1. The Morgan fingerprint density at radius 2 is 2.36 bits per heavy atom. The highest BCUT2D eigenvalue weighted by Gasteiger charge is 2.31. The molecule has 2 heteroatoms. The summed E-state index contributed by atoms with van der Waals surface area (Å²) in [5.74, 6) is 6.09. The van der Waals surface area contributed by atoms with Crippen LogP contribution >= 0.6 is 0 Å². The molecule has 2 nitrogen and oxygen atoms in total. The lowest BCUT2D eigenvalue weighted by atomic mass is 9.73. The van der Waals surface area contributed by atoms with Gasteiger partial charge in [-0.15, -0.1) is 6.58 Å². The Morgan fingerprint density at radius 1 is 1.57 bits per heavy atom. The fraction of sp³-hybridized carbons (Fsp3) is 0.333. The van der Waals surface area contributed by atoms with Crippen molar-refractivity contribution in [2.24, 2.45) is 5.84 Å². The zero-order valence-electron chi connectivity index (χ0n) is 8.24. The standard InChI is InChI=1S/C12H16N2/c1-2-5-12(14-13)11-8-9-6-3-4-7-10(9)11/h2-4,6-7,11-12,14H,1,5,8,13H2. The molecule has 0 saturated carbocycles. The average Bonchev–Trinajstić information content (AvgIpc) is 2.18. The minimum absolute atomic E-state index is 0.336. The lowest BCUT2D eigenvalue weighted by Gasteiger charge is -2.35. The summed E-state index contributed by atoms with van der Waals surface area (Å²) in [5.41, 5.74) is 5.78. The summed E-state index contributed by atoms with van der Waals surface area (Å²) >= 11 is 0. The molecule has 2 atom stereocenters. The van der Waals surface area contributed by atoms with Crippen LogP contribution in [0.4, 0.5) is 0 Å². The number of hydrogen-bond donors (Lipinski definition) is 2. The largest absolute Gasteiger partial charge is 0.271 e. The second-order valence-corrected chi connectivity index (χ2v) is 3.81. The summed E-state index contributed by atoms with van der Waals surface area (Å²) in [6, 6.07) is 8.90. The molecule has 0 saturated heterocycles. The van der Waals surface area contributed by atoms with Crippen molar-refractivity contribution >= 4 is 0 Å². The fourth-order valence-corrected chi connectivity index (χ4v) is 2.18. The first kappa shape index (κ1) is 9.44. The molecule has 0 radical (unpaired) electrons. The number of rotatable bonds is 4. The van der Waals surface area contributed by atoms with E-state index in [-0.39, 0.29) is 0 Å². The Morgan fingerprint density at radius 3 is 3.00 bits per heavy atom. The second kappa shape index (κ2) is 3.95. The van der Waals surface area contributed by atoms with Gasteiger partial charge in [0.2, 0.25) is 0 Å². The highest BCUT2D eigenvalue weighted by atomic mass is 15.2. The van der Waals surface area contributed by atoms with Crippen molar-refractivity contribution in [1.29, 1.82) is 0 Å². The van der Waals surface area contributed by atoms with Gasteiger partial charge in [-0.1, -0.05) is 30.3 Å². The first-order chi connectivity index (χ1) is 6.86. The third-order valence-corrected chi connectivity index (χ3v) is 3.01. The molecule has 0 fully saturated rings. The Labute approximate surface area is 84.8 Å². The second-order valence-electron chi connectivity index (χ2n) is 3.81. The van der Waals surface area contributed by atoms with E-state index in [0.717, 1.165) is 12.8 Å². The van der Waals surface area contributed by atoms with E-state index in [1.807, 2.05) is 6.08 Å². The summed E-state index contributed by atoms with van der Waals surface area (Å²) in [7, 11) is 0. The van der Waals surface area contributed by atoms with E-state index in [2.05, 4.69) is 36.3 Å². The van der Waals surface area contributed by atoms with Gasteiger partial charge in [0.15, 0.2) is 0 Å². The average molecular weight is 188 g/mol. The fourth-order valence-electron chi connectivity index (χ4n) is 2.18. The summed E-state index contributed by atoms with van der Waals surface area (Å²) < 4.78 is 0. The van der Waals surface area contributed by atoms with E-state index >= 15 is 0 Å². The molecular formula is C12H16N2. The van der Waals surface area contributed by atoms with Crippen LogP contribution in [0.2, 0.25) is 0 Å². The van der Waals surface area contributed by atoms with E-state index < -0.39 is 0 Å². The van der Waals surface area contributed by atoms with E-state index in [0.29, 0.717) is 12.0 Å². The molecule has 2 rings (SSSR count). The smallest absolute Gasteiger partial charge is 0.0316 e. The minimum atomic E-state index is 0.336. The molecule has 1 aromatic rings. The molecule has 0 aliphatic heterocycles. The van der Waals surface area contributed by atoms with Gasteiger partial charge in [-0.05, 0) is 24.0 Å². The lowest BCUT2D eigenvalue weighted by molar-refractivity contribution is 0.409. The van der Waals surface area contributed by atoms with E-state index in [1.165, 1.54) is 11.1 Å². The van der Waals surface area contributed by atoms with Gasteiger partial charge >= 0.3 is 0 Å². The highest BCUT2D eigenvalue weighted by Crippen LogP contribution is 2.37. The predicted octanol–water partition coefficient (Wildman–Crippen LogP) is 1.73. The maximum atomic E-state index is 5.53. The molecule has 1 aliphatic rings. The lowest BCUT2D eigenvalue weighted by Crippen LogP contribution is -2.43. The normalized spacial score (nSPS) is 20.8. The van der Waals surface area contributed by atoms with Crippen molar-refractivity contribution in [1.82, 2.24) is 5.43 Å². The molecule has 0 bridgehead atoms. The van der Waals surface area contributed by atoms with Crippen LogP contribution in [0.3, 0.4) is 0 Å². The molecule has 2 unspecified atom stereocenters. The zero-order chi connectivity index (χ0) is 9.97. The number of nitrogens with one attached hydrogen (secondary N) is 1. The molecule has 0 heterocycles. The van der Waals surface area contributed by atoms with E-state index in [1.54, 1.807) is 0 Å². The van der Waals surface area contributed by atoms with Crippen molar-refractivity contribution in [3.63, 3.8) is 0 Å². The monoisotopic (exact) mass is 188 g/mol. The molecule has 3 N–H and O–H groups in total. The summed E-state index contributed by atoms with van der Waals surface area (Å²) in [4.78, 5) is 0. The van der Waals surface area contributed by atoms with Crippen molar-refractivity contribution < 1.29 is 0 Å². The Kier molecular flexibility index (Phi) is 2.66. The zero-order valence-corrected chi connectivity index (χ0v) is 8.24. The van der Waals surface area contributed by atoms with Crippen LogP contribution in [0.5, 0.6) is 0 Å². The quantitative estimate of drug-likeness (QED) is 0.429. The van der Waals surface area contributed by atoms with Gasteiger partial charge in [0.1, 0.15) is 0 Å². The van der Waals surface area contributed by atoms with Crippen molar-refractivity contribution in [3.8, 4) is 0 Å². The molecular weight excluding hydrogens is 172 g/mol. The minimum Gasteiger partial charge on any atom is -0.271 e. The molecule has 14 heavy (non-hydrogen) atoms. The Balaban J connectivity index is 2.13. The topological polar surface area (TPSA) is 38.0 Å². The molecule has 0 amide bonds. The third-order valence-electron chi connectivity index (χ3n) is 3.01.